The molecule has 1 amide bonds. The number of hydrogen-bond acceptors (Lipinski definition) is 3. The molecule has 2 N–H and O–H groups in total. The molecule has 1 aromatic heterocycles. The van der Waals surface area contributed by atoms with Crippen molar-refractivity contribution in [1.29, 1.82) is 0 Å². The predicted molar refractivity (Wildman–Crippen MR) is 104 cm³/mol. The lowest BCUT2D eigenvalue weighted by Crippen LogP contribution is -2.22. The third-order valence-corrected chi connectivity index (χ3v) is 4.15. The Labute approximate surface area is 155 Å². The van der Waals surface area contributed by atoms with Gasteiger partial charge in [0.05, 0.1) is 5.56 Å². The summed E-state index contributed by atoms with van der Waals surface area (Å²) >= 11 is 3.43. The smallest absolute Gasteiger partial charge is 0.253 e. The van der Waals surface area contributed by atoms with Crippen LogP contribution in [0.2, 0.25) is 0 Å². The first-order valence-corrected chi connectivity index (χ1v) is 8.72. The number of nitrogens with zero attached hydrogens (tertiary/aromatic N) is 1. The largest absolute Gasteiger partial charge is 0.348 e. The Morgan fingerprint density at radius 1 is 1.08 bits per heavy atom. The van der Waals surface area contributed by atoms with E-state index in [1.165, 1.54) is 5.56 Å². The summed E-state index contributed by atoms with van der Waals surface area (Å²) in [7, 11) is 0. The van der Waals surface area contributed by atoms with Gasteiger partial charge >= 0.3 is 0 Å². The van der Waals surface area contributed by atoms with Crippen molar-refractivity contribution in [2.24, 2.45) is 0 Å². The molecule has 0 aliphatic rings. The van der Waals surface area contributed by atoms with E-state index < -0.39 is 0 Å². The van der Waals surface area contributed by atoms with Crippen molar-refractivity contribution >= 4 is 33.3 Å². The maximum Gasteiger partial charge on any atom is 0.253 e. The number of aryl methyl sites for hydroxylation is 1. The maximum atomic E-state index is 12.2. The first-order chi connectivity index (χ1) is 12.1. The molecule has 0 unspecified atom stereocenters. The Morgan fingerprint density at radius 3 is 2.64 bits per heavy atom. The molecule has 0 fully saturated rings. The first-order valence-electron chi connectivity index (χ1n) is 7.92. The van der Waals surface area contributed by atoms with Crippen LogP contribution in [0.25, 0.3) is 0 Å². The average molecular weight is 396 g/mol. The number of aromatic nitrogens is 1. The van der Waals surface area contributed by atoms with E-state index in [0.29, 0.717) is 17.9 Å². The van der Waals surface area contributed by atoms with E-state index in [1.54, 1.807) is 18.3 Å². The highest BCUT2D eigenvalue weighted by Gasteiger charge is 2.06. The van der Waals surface area contributed by atoms with Gasteiger partial charge < -0.3 is 10.6 Å². The number of hydrogen-bond donors (Lipinski definition) is 2. The molecule has 5 heteroatoms. The van der Waals surface area contributed by atoms with Crippen molar-refractivity contribution < 1.29 is 4.79 Å². The van der Waals surface area contributed by atoms with Gasteiger partial charge in [-0.3, -0.25) is 4.79 Å². The summed E-state index contributed by atoms with van der Waals surface area (Å²) in [5.41, 5.74) is 3.72. The normalized spacial score (nSPS) is 10.3. The van der Waals surface area contributed by atoms with Crippen LogP contribution in [0.4, 0.5) is 11.5 Å². The zero-order chi connectivity index (χ0) is 17.6. The second kappa shape index (κ2) is 7.94. The fraction of sp³-hybridized carbons (Fsp3) is 0.100. The van der Waals surface area contributed by atoms with Crippen molar-refractivity contribution in [2.45, 2.75) is 13.5 Å². The molecule has 0 spiro atoms. The summed E-state index contributed by atoms with van der Waals surface area (Å²) in [6.07, 6.45) is 1.58. The first kappa shape index (κ1) is 17.2. The number of nitrogens with one attached hydrogen (secondary N) is 2. The van der Waals surface area contributed by atoms with Crippen LogP contribution in [0.5, 0.6) is 0 Å². The van der Waals surface area contributed by atoms with Crippen LogP contribution in [0.15, 0.2) is 71.3 Å². The summed E-state index contributed by atoms with van der Waals surface area (Å²) < 4.78 is 0.990. The lowest BCUT2D eigenvalue weighted by Gasteiger charge is -2.08. The van der Waals surface area contributed by atoms with Crippen LogP contribution in [-0.2, 0) is 6.54 Å². The topological polar surface area (TPSA) is 54.0 Å². The van der Waals surface area contributed by atoms with E-state index >= 15 is 0 Å². The molecule has 0 saturated carbocycles. The second-order valence-corrected chi connectivity index (χ2v) is 6.65. The summed E-state index contributed by atoms with van der Waals surface area (Å²) in [5, 5.41) is 6.12. The highest BCUT2D eigenvalue weighted by molar-refractivity contribution is 9.10. The van der Waals surface area contributed by atoms with E-state index in [1.807, 2.05) is 49.4 Å². The molecule has 0 radical (unpaired) electrons. The third-order valence-electron chi connectivity index (χ3n) is 3.66. The fourth-order valence-electron chi connectivity index (χ4n) is 2.42. The van der Waals surface area contributed by atoms with Crippen LogP contribution < -0.4 is 10.6 Å². The van der Waals surface area contributed by atoms with E-state index in [9.17, 15) is 4.79 Å². The lowest BCUT2D eigenvalue weighted by atomic mass is 10.1. The van der Waals surface area contributed by atoms with E-state index in [2.05, 4.69) is 37.6 Å². The number of pyridine rings is 1. The standard InChI is InChI=1S/C20H18BrN3O/c1-14-4-2-5-15(10-14)12-23-20(25)16-8-9-19(22-13-16)24-18-7-3-6-17(21)11-18/h2-11,13H,12H2,1H3,(H,22,24)(H,23,25). The van der Waals surface area contributed by atoms with Gasteiger partial charge in [-0.05, 0) is 42.8 Å². The molecule has 0 aliphatic carbocycles. The Kier molecular flexibility index (Phi) is 5.46. The molecule has 2 aromatic carbocycles. The predicted octanol–water partition coefficient (Wildman–Crippen LogP) is 4.83. The van der Waals surface area contributed by atoms with Gasteiger partial charge in [0, 0.05) is 22.9 Å². The minimum Gasteiger partial charge on any atom is -0.348 e. The summed E-state index contributed by atoms with van der Waals surface area (Å²) in [5.74, 6) is 0.552. The molecular formula is C20H18BrN3O. The van der Waals surface area contributed by atoms with Gasteiger partial charge in [-0.25, -0.2) is 4.98 Å². The number of amides is 1. The maximum absolute atomic E-state index is 12.2. The molecule has 4 nitrogen and oxygen atoms in total. The van der Waals surface area contributed by atoms with Crippen molar-refractivity contribution in [3.8, 4) is 0 Å². The zero-order valence-electron chi connectivity index (χ0n) is 13.8. The lowest BCUT2D eigenvalue weighted by molar-refractivity contribution is 0.0950. The molecule has 25 heavy (non-hydrogen) atoms. The summed E-state index contributed by atoms with van der Waals surface area (Å²) in [4.78, 5) is 16.5. The molecule has 0 bridgehead atoms. The zero-order valence-corrected chi connectivity index (χ0v) is 15.4. The molecule has 3 aromatic rings. The van der Waals surface area contributed by atoms with Gasteiger partial charge in [0.15, 0.2) is 0 Å². The molecule has 0 saturated heterocycles. The van der Waals surface area contributed by atoms with Gasteiger partial charge in [-0.2, -0.15) is 0 Å². The number of carbonyl (C=O) groups is 1. The van der Waals surface area contributed by atoms with Gasteiger partial charge in [-0.15, -0.1) is 0 Å². The number of rotatable bonds is 5. The van der Waals surface area contributed by atoms with Crippen LogP contribution in [0.3, 0.4) is 0 Å². The van der Waals surface area contributed by atoms with Crippen LogP contribution in [-0.4, -0.2) is 10.9 Å². The second-order valence-electron chi connectivity index (χ2n) is 5.74. The Bertz CT molecular complexity index is 878. The van der Waals surface area contributed by atoms with Crippen molar-refractivity contribution in [1.82, 2.24) is 10.3 Å². The van der Waals surface area contributed by atoms with Crippen LogP contribution >= 0.6 is 15.9 Å². The van der Waals surface area contributed by atoms with Crippen molar-refractivity contribution in [3.05, 3.63) is 88.0 Å². The highest BCUT2D eigenvalue weighted by Crippen LogP contribution is 2.19. The third kappa shape index (κ3) is 4.90. The molecule has 126 valence electrons. The van der Waals surface area contributed by atoms with Gasteiger partial charge in [0.25, 0.3) is 5.91 Å². The number of carbonyl (C=O) groups excluding carboxylic acids is 1. The number of benzene rings is 2. The Morgan fingerprint density at radius 2 is 1.92 bits per heavy atom. The summed E-state index contributed by atoms with van der Waals surface area (Å²) in [6.45, 7) is 2.53. The SMILES string of the molecule is Cc1cccc(CNC(=O)c2ccc(Nc3cccc(Br)c3)nc2)c1. The Balaban J connectivity index is 1.60. The number of halogens is 1. The van der Waals surface area contributed by atoms with Crippen LogP contribution in [0, 0.1) is 6.92 Å². The summed E-state index contributed by atoms with van der Waals surface area (Å²) in [6, 6.07) is 19.5. The fourth-order valence-corrected chi connectivity index (χ4v) is 2.82. The molecule has 3 rings (SSSR count). The van der Waals surface area contributed by atoms with Gasteiger partial charge in [0.2, 0.25) is 0 Å². The van der Waals surface area contributed by atoms with E-state index in [0.717, 1.165) is 15.7 Å². The molecule has 0 atom stereocenters. The van der Waals surface area contributed by atoms with Gasteiger partial charge in [-0.1, -0.05) is 51.8 Å². The highest BCUT2D eigenvalue weighted by atomic mass is 79.9. The molecule has 0 aliphatic heterocycles. The minimum absolute atomic E-state index is 0.136. The Hall–Kier alpha value is -2.66. The van der Waals surface area contributed by atoms with E-state index in [-0.39, 0.29) is 5.91 Å². The average Bonchev–Trinajstić information content (AvgIpc) is 2.60. The van der Waals surface area contributed by atoms with Crippen molar-refractivity contribution in [3.63, 3.8) is 0 Å². The number of anilines is 2. The quantitative estimate of drug-likeness (QED) is 0.650. The van der Waals surface area contributed by atoms with Crippen LogP contribution in [0.1, 0.15) is 21.5 Å². The minimum atomic E-state index is -0.136. The monoisotopic (exact) mass is 395 g/mol. The van der Waals surface area contributed by atoms with Crippen molar-refractivity contribution in [2.75, 3.05) is 5.32 Å². The molecule has 1 heterocycles. The van der Waals surface area contributed by atoms with Gasteiger partial charge in [0.1, 0.15) is 5.82 Å². The van der Waals surface area contributed by atoms with E-state index in [4.69, 9.17) is 0 Å². The molecular weight excluding hydrogens is 378 g/mol.